The van der Waals surface area contributed by atoms with Crippen molar-refractivity contribution in [1.29, 1.82) is 0 Å². The van der Waals surface area contributed by atoms with E-state index in [4.69, 9.17) is 18.1 Å². The molecule has 56 heavy (non-hydrogen) atoms. The number of fused-ring (bicyclic) bond motifs is 2. The summed E-state index contributed by atoms with van der Waals surface area (Å²) in [6, 6.07) is 19.3. The Hall–Kier alpha value is -3.58. The van der Waals surface area contributed by atoms with Crippen LogP contribution in [-0.4, -0.2) is 0 Å². The first-order valence-electron chi connectivity index (χ1n) is 20.3. The molecule has 2 aliphatic rings. The minimum atomic E-state index is -0.267. The summed E-state index contributed by atoms with van der Waals surface area (Å²) in [6.45, 7) is 32.1. The quantitative estimate of drug-likeness (QED) is 0.158. The van der Waals surface area contributed by atoms with Crippen molar-refractivity contribution in [2.45, 2.75) is 138 Å². The van der Waals surface area contributed by atoms with Crippen molar-refractivity contribution in [3.63, 3.8) is 0 Å². The van der Waals surface area contributed by atoms with Crippen LogP contribution in [-0.2, 0) is 26.2 Å². The summed E-state index contributed by atoms with van der Waals surface area (Å²) in [5, 5.41) is 2.21. The molecule has 0 aliphatic heterocycles. The molecule has 0 heterocycles. The van der Waals surface area contributed by atoms with Crippen molar-refractivity contribution < 1.29 is 18.1 Å². The molecule has 3 unspecified atom stereocenters. The second kappa shape index (κ2) is 16.0. The van der Waals surface area contributed by atoms with Crippen LogP contribution in [0.15, 0.2) is 90.2 Å². The molecule has 0 amide bonds. The zero-order valence-electron chi connectivity index (χ0n) is 36.3. The number of hydrogen-bond donors (Lipinski definition) is 0. The van der Waals surface area contributed by atoms with Crippen LogP contribution in [0.2, 0.25) is 0 Å². The minimum absolute atomic E-state index is 0.124. The lowest BCUT2D eigenvalue weighted by atomic mass is 9.72. The Balaban J connectivity index is 1.59. The first-order chi connectivity index (χ1) is 26.2. The van der Waals surface area contributed by atoms with E-state index in [-0.39, 0.29) is 39.7 Å². The van der Waals surface area contributed by atoms with Crippen LogP contribution in [0, 0.1) is 19.8 Å². The van der Waals surface area contributed by atoms with E-state index in [1.54, 1.807) is 0 Å². The van der Waals surface area contributed by atoms with Gasteiger partial charge in [-0.2, -0.15) is 0 Å². The molecule has 4 nitrogen and oxygen atoms in total. The van der Waals surface area contributed by atoms with Crippen molar-refractivity contribution in [1.82, 2.24) is 0 Å². The highest BCUT2D eigenvalue weighted by molar-refractivity contribution is 7.27. The van der Waals surface area contributed by atoms with Gasteiger partial charge in [0, 0.05) is 27.6 Å². The predicted octanol–water partition coefficient (Wildman–Crippen LogP) is 15.4. The van der Waals surface area contributed by atoms with Gasteiger partial charge in [-0.15, -0.1) is 0 Å². The molecule has 0 spiro atoms. The number of hydrogen-bond acceptors (Lipinski definition) is 4. The van der Waals surface area contributed by atoms with Crippen LogP contribution >= 0.6 is 18.1 Å². The molecule has 298 valence electrons. The Morgan fingerprint density at radius 3 is 1.62 bits per heavy atom. The van der Waals surface area contributed by atoms with Crippen molar-refractivity contribution in [3.05, 3.63) is 124 Å². The normalized spacial score (nSPS) is 16.7. The maximum Gasteiger partial charge on any atom is 0.275 e. The lowest BCUT2D eigenvalue weighted by molar-refractivity contribution is 0.412. The summed E-state index contributed by atoms with van der Waals surface area (Å²) in [7, 11) is -0.494. The van der Waals surface area contributed by atoms with Gasteiger partial charge in [-0.25, -0.2) is 0 Å². The highest BCUT2D eigenvalue weighted by Crippen LogP contribution is 2.55. The zero-order valence-corrected chi connectivity index (χ0v) is 38.3. The highest BCUT2D eigenvalue weighted by Gasteiger charge is 2.36. The molecule has 0 saturated heterocycles. The van der Waals surface area contributed by atoms with Crippen molar-refractivity contribution in [2.75, 3.05) is 0 Å². The van der Waals surface area contributed by atoms with E-state index in [1.165, 1.54) is 27.8 Å². The van der Waals surface area contributed by atoms with E-state index in [1.807, 2.05) is 12.1 Å². The zero-order chi connectivity index (χ0) is 40.8. The minimum Gasteiger partial charge on any atom is -0.440 e. The lowest BCUT2D eigenvalue weighted by Crippen LogP contribution is -2.22. The highest BCUT2D eigenvalue weighted by atomic mass is 31.1. The maximum absolute atomic E-state index is 7.09. The standard InChI is InChI=1S/C50H64O4P2/c1-31-37(47(3,4)5)29-39(49(9,10)11)45(53-55-51-41-27-19-23-33-21-15-17-25-35(33)41)43(31)44-32(2)38(48(6,7)8)30-40(50(12,13)14)46(44)54-56-52-42-28-20-24-34-22-16-18-26-36(34)42/h15,17-21,23,25-30,34,55-56H,16,22,24H2,1-14H3. The van der Waals surface area contributed by atoms with Crippen LogP contribution in [0.1, 0.15) is 136 Å². The molecule has 3 atom stereocenters. The number of benzene rings is 4. The third kappa shape index (κ3) is 8.78. The van der Waals surface area contributed by atoms with Crippen LogP contribution in [0.3, 0.4) is 0 Å². The fourth-order valence-electron chi connectivity index (χ4n) is 8.36. The van der Waals surface area contributed by atoms with Crippen LogP contribution in [0.4, 0.5) is 0 Å². The van der Waals surface area contributed by atoms with Gasteiger partial charge >= 0.3 is 0 Å². The van der Waals surface area contributed by atoms with Gasteiger partial charge in [-0.3, -0.25) is 0 Å². The lowest BCUT2D eigenvalue weighted by Gasteiger charge is -2.35. The van der Waals surface area contributed by atoms with E-state index in [2.05, 4.69) is 164 Å². The molecule has 4 aromatic carbocycles. The molecule has 0 fully saturated rings. The average Bonchev–Trinajstić information content (AvgIpc) is 3.10. The fraction of sp³-hybridized carbons (Fsp3) is 0.440. The fourth-order valence-corrected chi connectivity index (χ4v) is 9.57. The summed E-state index contributed by atoms with van der Waals surface area (Å²) >= 11 is 0. The van der Waals surface area contributed by atoms with Gasteiger partial charge in [0.15, 0.2) is 0 Å². The van der Waals surface area contributed by atoms with Gasteiger partial charge in [0.2, 0.25) is 0 Å². The molecule has 0 radical (unpaired) electrons. The summed E-state index contributed by atoms with van der Waals surface area (Å²) < 4.78 is 27.3. The maximum atomic E-state index is 7.09. The average molecular weight is 791 g/mol. The Kier molecular flexibility index (Phi) is 12.0. The third-order valence-corrected chi connectivity index (χ3v) is 12.5. The van der Waals surface area contributed by atoms with Gasteiger partial charge in [0.1, 0.15) is 23.0 Å². The molecule has 0 bridgehead atoms. The van der Waals surface area contributed by atoms with Gasteiger partial charge in [-0.1, -0.05) is 150 Å². The molecule has 6 heteroatoms. The monoisotopic (exact) mass is 790 g/mol. The molecule has 0 N–H and O–H groups in total. The molecule has 6 rings (SSSR count). The second-order valence-corrected chi connectivity index (χ2v) is 20.9. The third-order valence-electron chi connectivity index (χ3n) is 11.3. The van der Waals surface area contributed by atoms with Gasteiger partial charge in [0.05, 0.1) is 0 Å². The molecule has 4 aromatic rings. The topological polar surface area (TPSA) is 36.9 Å². The van der Waals surface area contributed by atoms with Gasteiger partial charge in [0.25, 0.3) is 18.1 Å². The van der Waals surface area contributed by atoms with Gasteiger partial charge in [-0.05, 0) is 106 Å². The summed E-state index contributed by atoms with van der Waals surface area (Å²) in [5.74, 6) is 3.96. The molecular formula is C50H64O4P2. The predicted molar refractivity (Wildman–Crippen MR) is 242 cm³/mol. The SMILES string of the molecule is Cc1c(C(C)(C)C)cc(C(C)(C)C)c(OPOC2=C3C=CCCC3CC=C2)c1-c1c(C)c(C(C)(C)C)cc(C(C)(C)C)c1OPOc1cccc2ccccc12. The van der Waals surface area contributed by atoms with E-state index < -0.39 is 0 Å². The first kappa shape index (κ1) is 42.0. The van der Waals surface area contributed by atoms with E-state index in [9.17, 15) is 0 Å². The second-order valence-electron chi connectivity index (χ2n) is 19.8. The number of rotatable bonds is 9. The van der Waals surface area contributed by atoms with Crippen LogP contribution < -0.4 is 13.6 Å². The van der Waals surface area contributed by atoms with Crippen molar-refractivity contribution >= 4 is 28.8 Å². The summed E-state index contributed by atoms with van der Waals surface area (Å²) in [4.78, 5) is 0. The number of allylic oxidation sites excluding steroid dienone is 5. The Morgan fingerprint density at radius 1 is 0.554 bits per heavy atom. The Labute approximate surface area is 341 Å². The van der Waals surface area contributed by atoms with Crippen LogP contribution in [0.25, 0.3) is 21.9 Å². The van der Waals surface area contributed by atoms with Crippen molar-refractivity contribution in [2.24, 2.45) is 5.92 Å². The van der Waals surface area contributed by atoms with E-state index >= 15 is 0 Å². The van der Waals surface area contributed by atoms with E-state index in [0.717, 1.165) is 75.3 Å². The molecule has 2 aliphatic carbocycles. The first-order valence-corrected chi connectivity index (χ1v) is 21.9. The smallest absolute Gasteiger partial charge is 0.275 e. The largest absolute Gasteiger partial charge is 0.440 e. The molecule has 0 aromatic heterocycles. The molecule has 0 saturated carbocycles. The van der Waals surface area contributed by atoms with E-state index in [0.29, 0.717) is 5.92 Å². The van der Waals surface area contributed by atoms with Crippen LogP contribution in [0.5, 0.6) is 17.2 Å². The molecular weight excluding hydrogens is 726 g/mol. The van der Waals surface area contributed by atoms with Gasteiger partial charge < -0.3 is 18.1 Å². The summed E-state index contributed by atoms with van der Waals surface area (Å²) in [6.07, 6.45) is 12.3. The van der Waals surface area contributed by atoms with Crippen molar-refractivity contribution in [3.8, 4) is 28.4 Å². The Bertz CT molecular complexity index is 2190. The summed E-state index contributed by atoms with van der Waals surface area (Å²) in [5.41, 5.74) is 9.99. The Morgan fingerprint density at radius 2 is 1.07 bits per heavy atom.